The van der Waals surface area contributed by atoms with E-state index in [1.807, 2.05) is 0 Å². The maximum Gasteiger partial charge on any atom is 0.0598 e. The number of hydrogen-bond acceptors (Lipinski definition) is 5. The normalized spacial score (nSPS) is 23.6. The largest absolute Gasteiger partial charge is 0.376 e. The highest BCUT2D eigenvalue weighted by atomic mass is 16.5. The van der Waals surface area contributed by atoms with Gasteiger partial charge in [-0.3, -0.25) is 19.6 Å². The lowest BCUT2D eigenvalue weighted by Gasteiger charge is -2.52. The molecule has 0 N–H and O–H groups in total. The summed E-state index contributed by atoms with van der Waals surface area (Å²) in [6.07, 6.45) is 4.97. The van der Waals surface area contributed by atoms with Crippen molar-refractivity contribution in [3.63, 3.8) is 0 Å². The van der Waals surface area contributed by atoms with E-state index in [9.17, 15) is 0 Å². The van der Waals surface area contributed by atoms with Gasteiger partial charge in [0.2, 0.25) is 0 Å². The Labute approximate surface area is 213 Å². The van der Waals surface area contributed by atoms with E-state index < -0.39 is 0 Å². The molecule has 1 atom stereocenters. The molecule has 2 aliphatic rings. The lowest BCUT2D eigenvalue weighted by molar-refractivity contribution is -0.0271. The van der Waals surface area contributed by atoms with Crippen LogP contribution in [0.15, 0.2) is 0 Å². The first-order valence-corrected chi connectivity index (χ1v) is 14.1. The summed E-state index contributed by atoms with van der Waals surface area (Å²) in [7, 11) is 0. The van der Waals surface area contributed by atoms with E-state index >= 15 is 0 Å². The molecular weight excluding hydrogens is 420 g/mol. The third kappa shape index (κ3) is 9.69. The number of rotatable bonds is 9. The van der Waals surface area contributed by atoms with Crippen LogP contribution < -0.4 is 0 Å². The Morgan fingerprint density at radius 2 is 1.15 bits per heavy atom. The molecule has 1 unspecified atom stereocenters. The number of unbranched alkanes of at least 4 members (excludes halogenated alkanes) is 2. The predicted octanol–water partition coefficient (Wildman–Crippen LogP) is 5.34. The van der Waals surface area contributed by atoms with Crippen molar-refractivity contribution in [2.45, 2.75) is 130 Å². The van der Waals surface area contributed by atoms with Gasteiger partial charge in [0.1, 0.15) is 0 Å². The smallest absolute Gasteiger partial charge is 0.0598 e. The topological polar surface area (TPSA) is 22.2 Å². The molecule has 0 bridgehead atoms. The first kappa shape index (κ1) is 30.0. The molecule has 0 aliphatic carbocycles. The van der Waals surface area contributed by atoms with E-state index in [1.165, 1.54) is 78.0 Å². The van der Waals surface area contributed by atoms with E-state index in [0.717, 1.165) is 6.61 Å². The maximum atomic E-state index is 5.93. The van der Waals surface area contributed by atoms with Gasteiger partial charge >= 0.3 is 0 Å². The standard InChI is InChI=1S/C29H60N4O/c1-26(2,3)31-18-20-32(21-19-31)29(10,11)23-25-24-33(27(4,5)6)17-16-30(25)15-13-12-14-22-34-28(7,8)9/h25H,12-24H2,1-11H3. The van der Waals surface area contributed by atoms with Crippen LogP contribution in [0.2, 0.25) is 0 Å². The predicted molar refractivity (Wildman–Crippen MR) is 148 cm³/mol. The molecule has 5 heteroatoms. The highest BCUT2D eigenvalue weighted by molar-refractivity contribution is 4.96. The third-order valence-electron chi connectivity index (χ3n) is 8.00. The van der Waals surface area contributed by atoms with Crippen molar-refractivity contribution in [3.8, 4) is 0 Å². The van der Waals surface area contributed by atoms with Gasteiger partial charge in [0.25, 0.3) is 0 Å². The average Bonchev–Trinajstić information content (AvgIpc) is 2.69. The zero-order valence-corrected chi connectivity index (χ0v) is 25.0. The highest BCUT2D eigenvalue weighted by Gasteiger charge is 2.39. The zero-order chi connectivity index (χ0) is 25.8. The minimum atomic E-state index is -0.0155. The first-order chi connectivity index (χ1) is 15.5. The van der Waals surface area contributed by atoms with E-state index in [-0.39, 0.29) is 22.2 Å². The van der Waals surface area contributed by atoms with Gasteiger partial charge < -0.3 is 4.74 Å². The summed E-state index contributed by atoms with van der Waals surface area (Å²) in [6, 6.07) is 0.634. The van der Waals surface area contributed by atoms with E-state index in [0.29, 0.717) is 6.04 Å². The number of nitrogens with zero attached hydrogens (tertiary/aromatic N) is 4. The summed E-state index contributed by atoms with van der Waals surface area (Å²) in [5, 5.41) is 0. The summed E-state index contributed by atoms with van der Waals surface area (Å²) < 4.78 is 5.93. The van der Waals surface area contributed by atoms with Crippen molar-refractivity contribution in [3.05, 3.63) is 0 Å². The van der Waals surface area contributed by atoms with Crippen LogP contribution in [0.5, 0.6) is 0 Å². The molecule has 5 nitrogen and oxygen atoms in total. The minimum Gasteiger partial charge on any atom is -0.376 e. The molecule has 2 fully saturated rings. The van der Waals surface area contributed by atoms with Gasteiger partial charge in [-0.05, 0) is 108 Å². The van der Waals surface area contributed by atoms with E-state index in [2.05, 4.69) is 95.8 Å². The van der Waals surface area contributed by atoms with Crippen LogP contribution in [-0.2, 0) is 4.74 Å². The van der Waals surface area contributed by atoms with Gasteiger partial charge in [-0.1, -0.05) is 0 Å². The molecule has 2 rings (SSSR count). The van der Waals surface area contributed by atoms with Crippen LogP contribution in [-0.4, -0.2) is 107 Å². The molecule has 0 amide bonds. The van der Waals surface area contributed by atoms with Crippen molar-refractivity contribution in [1.82, 2.24) is 19.6 Å². The Bertz CT molecular complexity index is 591. The van der Waals surface area contributed by atoms with Gasteiger partial charge in [-0.25, -0.2) is 0 Å². The second kappa shape index (κ2) is 11.9. The summed E-state index contributed by atoms with van der Waals surface area (Å²) >= 11 is 0. The summed E-state index contributed by atoms with van der Waals surface area (Å²) in [4.78, 5) is 11.0. The molecule has 2 heterocycles. The van der Waals surface area contributed by atoms with Gasteiger partial charge in [0, 0.05) is 75.1 Å². The van der Waals surface area contributed by atoms with Crippen LogP contribution in [0.1, 0.15) is 102 Å². The van der Waals surface area contributed by atoms with Gasteiger partial charge in [0.05, 0.1) is 5.60 Å². The summed E-state index contributed by atoms with van der Waals surface area (Å²) in [6.45, 7) is 36.1. The van der Waals surface area contributed by atoms with Gasteiger partial charge in [-0.15, -0.1) is 0 Å². The van der Waals surface area contributed by atoms with Crippen molar-refractivity contribution in [1.29, 1.82) is 0 Å². The molecule has 0 saturated carbocycles. The molecule has 0 aromatic heterocycles. The Hall–Kier alpha value is -0.200. The van der Waals surface area contributed by atoms with Crippen LogP contribution in [0, 0.1) is 0 Å². The monoisotopic (exact) mass is 480 g/mol. The lowest BCUT2D eigenvalue weighted by atomic mass is 9.88. The molecule has 202 valence electrons. The fourth-order valence-electron chi connectivity index (χ4n) is 5.65. The van der Waals surface area contributed by atoms with E-state index in [1.54, 1.807) is 0 Å². The van der Waals surface area contributed by atoms with Crippen LogP contribution in [0.3, 0.4) is 0 Å². The Morgan fingerprint density at radius 1 is 0.618 bits per heavy atom. The second-order valence-corrected chi connectivity index (χ2v) is 14.5. The molecule has 34 heavy (non-hydrogen) atoms. The molecule has 2 aliphatic heterocycles. The quantitative estimate of drug-likeness (QED) is 0.414. The molecular formula is C29H60N4O. The molecule has 0 spiro atoms. The average molecular weight is 481 g/mol. The number of piperazine rings is 2. The molecule has 2 saturated heterocycles. The maximum absolute atomic E-state index is 5.93. The van der Waals surface area contributed by atoms with Crippen molar-refractivity contribution >= 4 is 0 Å². The van der Waals surface area contributed by atoms with Crippen molar-refractivity contribution in [2.75, 3.05) is 59.0 Å². The van der Waals surface area contributed by atoms with Crippen molar-refractivity contribution in [2.24, 2.45) is 0 Å². The lowest BCUT2D eigenvalue weighted by Crippen LogP contribution is -2.63. The SMILES string of the molecule is CC(C)(C)OCCCCCN1CCN(C(C)(C)C)CC1CC(C)(C)N1CCN(C(C)(C)C)CC1. The first-order valence-electron chi connectivity index (χ1n) is 14.1. The summed E-state index contributed by atoms with van der Waals surface area (Å²) in [5.74, 6) is 0. The van der Waals surface area contributed by atoms with Gasteiger partial charge in [0.15, 0.2) is 0 Å². The third-order valence-corrected chi connectivity index (χ3v) is 8.00. The fourth-order valence-corrected chi connectivity index (χ4v) is 5.65. The fraction of sp³-hybridized carbons (Fsp3) is 1.00. The Balaban J connectivity index is 1.94. The zero-order valence-electron chi connectivity index (χ0n) is 25.0. The number of hydrogen-bond donors (Lipinski definition) is 0. The van der Waals surface area contributed by atoms with Crippen LogP contribution >= 0.6 is 0 Å². The second-order valence-electron chi connectivity index (χ2n) is 14.5. The Morgan fingerprint density at radius 3 is 1.68 bits per heavy atom. The molecule has 0 radical (unpaired) electrons. The highest BCUT2D eigenvalue weighted by Crippen LogP contribution is 2.30. The van der Waals surface area contributed by atoms with Crippen LogP contribution in [0.4, 0.5) is 0 Å². The minimum absolute atomic E-state index is 0.0155. The summed E-state index contributed by atoms with van der Waals surface area (Å²) in [5.41, 5.74) is 0.741. The van der Waals surface area contributed by atoms with Crippen molar-refractivity contribution < 1.29 is 4.74 Å². The van der Waals surface area contributed by atoms with Gasteiger partial charge in [-0.2, -0.15) is 0 Å². The molecule has 0 aromatic carbocycles. The van der Waals surface area contributed by atoms with E-state index in [4.69, 9.17) is 4.74 Å². The van der Waals surface area contributed by atoms with Crippen LogP contribution in [0.25, 0.3) is 0 Å². The number of ether oxygens (including phenoxy) is 1. The Kier molecular flexibility index (Phi) is 10.5. The molecule has 0 aromatic rings.